The molecule has 0 bridgehead atoms. The van der Waals surface area contributed by atoms with E-state index in [0.29, 0.717) is 24.4 Å². The van der Waals surface area contributed by atoms with Gasteiger partial charge in [0.25, 0.3) is 0 Å². The molecule has 3 rings (SSSR count). The van der Waals surface area contributed by atoms with Crippen molar-refractivity contribution in [1.29, 1.82) is 0 Å². The molecule has 1 saturated heterocycles. The number of sulfonamides is 1. The molecular weight excluding hydrogens is 325 g/mol. The molecule has 1 aliphatic rings. The van der Waals surface area contributed by atoms with Crippen LogP contribution in [-0.4, -0.2) is 19.3 Å². The van der Waals surface area contributed by atoms with E-state index in [1.54, 1.807) is 30.3 Å². The molecule has 2 aromatic carbocycles. The van der Waals surface area contributed by atoms with Crippen LogP contribution < -0.4 is 0 Å². The van der Waals surface area contributed by atoms with E-state index in [2.05, 4.69) is 13.8 Å². The molecule has 3 nitrogen and oxygen atoms in total. The molecule has 0 unspecified atom stereocenters. The van der Waals surface area contributed by atoms with Crippen molar-refractivity contribution in [3.8, 4) is 0 Å². The number of hydrogen-bond donors (Lipinski definition) is 0. The molecule has 0 radical (unpaired) electrons. The van der Waals surface area contributed by atoms with Crippen LogP contribution in [0, 0.1) is 5.82 Å². The summed E-state index contributed by atoms with van der Waals surface area (Å²) in [6, 6.07) is 13.0. The lowest BCUT2D eigenvalue weighted by molar-refractivity contribution is 0.386. The van der Waals surface area contributed by atoms with E-state index >= 15 is 0 Å². The molecule has 1 heterocycles. The second kappa shape index (κ2) is 6.65. The smallest absolute Gasteiger partial charge is 0.207 e. The summed E-state index contributed by atoms with van der Waals surface area (Å²) in [4.78, 5) is 0.273. The van der Waals surface area contributed by atoms with Crippen LogP contribution in [0.5, 0.6) is 0 Å². The Balaban J connectivity index is 1.95. The molecule has 0 N–H and O–H groups in total. The number of nitrogens with zero attached hydrogens (tertiary/aromatic N) is 1. The Morgan fingerprint density at radius 3 is 2.38 bits per heavy atom. The van der Waals surface area contributed by atoms with Crippen molar-refractivity contribution in [1.82, 2.24) is 4.31 Å². The lowest BCUT2D eigenvalue weighted by Crippen LogP contribution is -2.31. The van der Waals surface area contributed by atoms with Crippen LogP contribution in [0.15, 0.2) is 53.4 Å². The fourth-order valence-corrected chi connectivity index (χ4v) is 4.92. The van der Waals surface area contributed by atoms with Gasteiger partial charge in [-0.3, -0.25) is 0 Å². The third kappa shape index (κ3) is 3.10. The quantitative estimate of drug-likeness (QED) is 0.818. The molecule has 0 amide bonds. The minimum absolute atomic E-state index is 0.273. The third-order valence-electron chi connectivity index (χ3n) is 4.62. The molecule has 24 heavy (non-hydrogen) atoms. The van der Waals surface area contributed by atoms with Gasteiger partial charge < -0.3 is 0 Å². The number of hydrogen-bond acceptors (Lipinski definition) is 2. The highest BCUT2D eigenvalue weighted by Crippen LogP contribution is 2.37. The number of benzene rings is 2. The van der Waals surface area contributed by atoms with Crippen LogP contribution in [0.25, 0.3) is 0 Å². The van der Waals surface area contributed by atoms with E-state index in [1.807, 2.05) is 12.1 Å². The Kier molecular flexibility index (Phi) is 4.74. The first-order chi connectivity index (χ1) is 11.4. The largest absolute Gasteiger partial charge is 0.243 e. The minimum atomic E-state index is -3.63. The SMILES string of the molecule is CC(C)c1ccc(S(=O)(=O)N2CCC[C@H]2c2ccccc2F)cc1. The first kappa shape index (κ1) is 17.1. The van der Waals surface area contributed by atoms with Gasteiger partial charge in [-0.1, -0.05) is 44.2 Å². The van der Waals surface area contributed by atoms with Gasteiger partial charge in [-0.25, -0.2) is 12.8 Å². The molecule has 0 saturated carbocycles. The van der Waals surface area contributed by atoms with Crippen molar-refractivity contribution in [2.24, 2.45) is 0 Å². The number of rotatable bonds is 4. The summed E-state index contributed by atoms with van der Waals surface area (Å²) in [5.74, 6) is -0.000500. The first-order valence-electron chi connectivity index (χ1n) is 8.27. The van der Waals surface area contributed by atoms with Crippen LogP contribution in [-0.2, 0) is 10.0 Å². The summed E-state index contributed by atoms with van der Waals surface area (Å²) in [5, 5.41) is 0. The lowest BCUT2D eigenvalue weighted by atomic mass is 10.0. The van der Waals surface area contributed by atoms with E-state index in [9.17, 15) is 12.8 Å². The molecule has 0 aromatic heterocycles. The normalized spacial score (nSPS) is 19.1. The predicted molar refractivity (Wildman–Crippen MR) is 92.8 cm³/mol. The van der Waals surface area contributed by atoms with Gasteiger partial charge in [0, 0.05) is 12.1 Å². The maximum absolute atomic E-state index is 14.1. The fraction of sp³-hybridized carbons (Fsp3) is 0.368. The molecule has 1 atom stereocenters. The van der Waals surface area contributed by atoms with E-state index in [4.69, 9.17) is 0 Å². The second-order valence-corrected chi connectivity index (χ2v) is 8.41. The zero-order valence-electron chi connectivity index (χ0n) is 13.9. The zero-order chi connectivity index (χ0) is 17.3. The lowest BCUT2D eigenvalue weighted by Gasteiger charge is -2.25. The van der Waals surface area contributed by atoms with Crippen LogP contribution in [0.2, 0.25) is 0 Å². The van der Waals surface area contributed by atoms with E-state index in [0.717, 1.165) is 12.0 Å². The topological polar surface area (TPSA) is 37.4 Å². The first-order valence-corrected chi connectivity index (χ1v) is 9.71. The minimum Gasteiger partial charge on any atom is -0.207 e. The maximum atomic E-state index is 14.1. The standard InChI is InChI=1S/C19H22FNO2S/c1-14(2)15-9-11-16(12-10-15)24(22,23)21-13-5-8-19(21)17-6-3-4-7-18(17)20/h3-4,6-7,9-12,14,19H,5,8,13H2,1-2H3/t19-/m0/s1. The number of halogens is 1. The van der Waals surface area contributed by atoms with Crippen molar-refractivity contribution in [2.45, 2.75) is 43.5 Å². The van der Waals surface area contributed by atoms with E-state index < -0.39 is 16.1 Å². The van der Waals surface area contributed by atoms with Gasteiger partial charge >= 0.3 is 0 Å². The molecule has 0 spiro atoms. The maximum Gasteiger partial charge on any atom is 0.243 e. The van der Waals surface area contributed by atoms with Gasteiger partial charge in [-0.05, 0) is 42.5 Å². The van der Waals surface area contributed by atoms with Gasteiger partial charge in [0.05, 0.1) is 10.9 Å². The summed E-state index contributed by atoms with van der Waals surface area (Å²) in [5.41, 5.74) is 1.55. The van der Waals surface area contributed by atoms with E-state index in [-0.39, 0.29) is 10.7 Å². The molecule has 2 aromatic rings. The molecule has 0 aliphatic carbocycles. The van der Waals surface area contributed by atoms with Crippen molar-refractivity contribution >= 4 is 10.0 Å². The monoisotopic (exact) mass is 347 g/mol. The van der Waals surface area contributed by atoms with E-state index in [1.165, 1.54) is 10.4 Å². The second-order valence-electron chi connectivity index (χ2n) is 6.52. The Bertz CT molecular complexity index is 816. The van der Waals surface area contributed by atoms with Gasteiger partial charge in [-0.15, -0.1) is 0 Å². The van der Waals surface area contributed by atoms with Gasteiger partial charge in [0.1, 0.15) is 5.82 Å². The van der Waals surface area contributed by atoms with Crippen molar-refractivity contribution in [2.75, 3.05) is 6.54 Å². The van der Waals surface area contributed by atoms with Gasteiger partial charge in [0.15, 0.2) is 0 Å². The summed E-state index contributed by atoms with van der Waals surface area (Å²) in [7, 11) is -3.63. The Labute approximate surface area is 143 Å². The zero-order valence-corrected chi connectivity index (χ0v) is 14.8. The Morgan fingerprint density at radius 1 is 1.08 bits per heavy atom. The Morgan fingerprint density at radius 2 is 1.75 bits per heavy atom. The fourth-order valence-electron chi connectivity index (χ4n) is 3.24. The average molecular weight is 347 g/mol. The van der Waals surface area contributed by atoms with Crippen LogP contribution in [0.1, 0.15) is 49.8 Å². The predicted octanol–water partition coefficient (Wildman–Crippen LogP) is 4.47. The summed E-state index contributed by atoms with van der Waals surface area (Å²) < 4.78 is 41.6. The Hall–Kier alpha value is -1.72. The van der Waals surface area contributed by atoms with Crippen LogP contribution in [0.3, 0.4) is 0 Å². The van der Waals surface area contributed by atoms with Crippen LogP contribution >= 0.6 is 0 Å². The highest BCUT2D eigenvalue weighted by atomic mass is 32.2. The molecule has 5 heteroatoms. The molecule has 1 aliphatic heterocycles. The van der Waals surface area contributed by atoms with Gasteiger partial charge in [-0.2, -0.15) is 4.31 Å². The molecule has 128 valence electrons. The molecule has 1 fully saturated rings. The molecular formula is C19H22FNO2S. The third-order valence-corrected chi connectivity index (χ3v) is 6.54. The van der Waals surface area contributed by atoms with Crippen molar-refractivity contribution < 1.29 is 12.8 Å². The summed E-state index contributed by atoms with van der Waals surface area (Å²) in [6.45, 7) is 4.56. The average Bonchev–Trinajstić information content (AvgIpc) is 3.05. The van der Waals surface area contributed by atoms with Crippen molar-refractivity contribution in [3.63, 3.8) is 0 Å². The van der Waals surface area contributed by atoms with Crippen molar-refractivity contribution in [3.05, 3.63) is 65.5 Å². The summed E-state index contributed by atoms with van der Waals surface area (Å²) >= 11 is 0. The highest BCUT2D eigenvalue weighted by molar-refractivity contribution is 7.89. The highest BCUT2D eigenvalue weighted by Gasteiger charge is 2.37. The van der Waals surface area contributed by atoms with Crippen LogP contribution in [0.4, 0.5) is 4.39 Å². The summed E-state index contributed by atoms with van der Waals surface area (Å²) in [6.07, 6.45) is 1.38. The van der Waals surface area contributed by atoms with Gasteiger partial charge in [0.2, 0.25) is 10.0 Å².